The van der Waals surface area contributed by atoms with Gasteiger partial charge in [-0.25, -0.2) is 0 Å². The molecular formula is C15H14IN3O. The highest BCUT2D eigenvalue weighted by molar-refractivity contribution is 14.1. The molecule has 0 unspecified atom stereocenters. The quantitative estimate of drug-likeness (QED) is 0.709. The van der Waals surface area contributed by atoms with Gasteiger partial charge in [-0.1, -0.05) is 18.2 Å². The Morgan fingerprint density at radius 3 is 2.75 bits per heavy atom. The van der Waals surface area contributed by atoms with E-state index < -0.39 is 0 Å². The number of imidazole rings is 1. The van der Waals surface area contributed by atoms with Crippen LogP contribution in [-0.2, 0) is 6.42 Å². The molecule has 0 saturated carbocycles. The topological polar surface area (TPSA) is 52.5 Å². The van der Waals surface area contributed by atoms with Crippen molar-refractivity contribution < 1.29 is 4.74 Å². The van der Waals surface area contributed by atoms with Crippen LogP contribution in [0.4, 0.5) is 0 Å². The molecule has 1 aromatic carbocycles. The van der Waals surface area contributed by atoms with Crippen LogP contribution >= 0.6 is 22.6 Å². The zero-order valence-corrected chi connectivity index (χ0v) is 12.9. The van der Waals surface area contributed by atoms with Crippen LogP contribution in [0.1, 0.15) is 5.69 Å². The third-order valence-corrected chi connectivity index (χ3v) is 3.91. The fourth-order valence-electron chi connectivity index (χ4n) is 2.10. The SMILES string of the molecule is NCCc1c(Oc2ccccc2I)nc2ccccn12. The van der Waals surface area contributed by atoms with Crippen molar-refractivity contribution in [3.8, 4) is 11.6 Å². The molecule has 102 valence electrons. The van der Waals surface area contributed by atoms with Gasteiger partial charge in [-0.3, -0.25) is 0 Å². The van der Waals surface area contributed by atoms with Crippen molar-refractivity contribution in [1.82, 2.24) is 9.38 Å². The largest absolute Gasteiger partial charge is 0.436 e. The van der Waals surface area contributed by atoms with E-state index in [1.54, 1.807) is 0 Å². The summed E-state index contributed by atoms with van der Waals surface area (Å²) >= 11 is 2.25. The molecule has 0 amide bonds. The van der Waals surface area contributed by atoms with E-state index in [1.807, 2.05) is 53.1 Å². The van der Waals surface area contributed by atoms with Crippen LogP contribution in [0.2, 0.25) is 0 Å². The van der Waals surface area contributed by atoms with Gasteiger partial charge in [0.15, 0.2) is 0 Å². The van der Waals surface area contributed by atoms with E-state index in [0.717, 1.165) is 27.1 Å². The van der Waals surface area contributed by atoms with Crippen molar-refractivity contribution in [3.05, 3.63) is 57.9 Å². The van der Waals surface area contributed by atoms with Gasteiger partial charge >= 0.3 is 0 Å². The monoisotopic (exact) mass is 379 g/mol. The number of hydrogen-bond donors (Lipinski definition) is 1. The van der Waals surface area contributed by atoms with E-state index in [0.29, 0.717) is 12.4 Å². The molecule has 2 N–H and O–H groups in total. The summed E-state index contributed by atoms with van der Waals surface area (Å²) in [6, 6.07) is 13.8. The lowest BCUT2D eigenvalue weighted by molar-refractivity contribution is 0.456. The Labute approximate surface area is 130 Å². The number of nitrogens with two attached hydrogens (primary N) is 1. The highest BCUT2D eigenvalue weighted by Crippen LogP contribution is 2.29. The van der Waals surface area contributed by atoms with Crippen LogP contribution in [-0.4, -0.2) is 15.9 Å². The summed E-state index contributed by atoms with van der Waals surface area (Å²) in [5, 5.41) is 0. The van der Waals surface area contributed by atoms with Gasteiger partial charge in [0.2, 0.25) is 5.88 Å². The zero-order valence-electron chi connectivity index (χ0n) is 10.8. The Hall–Kier alpha value is -1.60. The summed E-state index contributed by atoms with van der Waals surface area (Å²) in [5.41, 5.74) is 7.58. The average molecular weight is 379 g/mol. The lowest BCUT2D eigenvalue weighted by Gasteiger charge is -2.07. The number of fused-ring (bicyclic) bond motifs is 1. The van der Waals surface area contributed by atoms with Crippen molar-refractivity contribution in [2.24, 2.45) is 5.73 Å². The number of para-hydroxylation sites is 1. The highest BCUT2D eigenvalue weighted by atomic mass is 127. The molecule has 0 atom stereocenters. The second-order valence-electron chi connectivity index (χ2n) is 4.36. The second kappa shape index (κ2) is 5.80. The van der Waals surface area contributed by atoms with E-state index >= 15 is 0 Å². The normalized spacial score (nSPS) is 10.9. The molecule has 20 heavy (non-hydrogen) atoms. The van der Waals surface area contributed by atoms with Crippen molar-refractivity contribution in [1.29, 1.82) is 0 Å². The number of aromatic nitrogens is 2. The molecule has 0 aliphatic rings. The van der Waals surface area contributed by atoms with Gasteiger partial charge in [0.05, 0.1) is 9.26 Å². The van der Waals surface area contributed by atoms with Gasteiger partial charge in [0.1, 0.15) is 11.4 Å². The standard InChI is InChI=1S/C15H14IN3O/c16-11-5-1-2-6-13(11)20-15-12(8-9-17)19-10-4-3-7-14(19)18-15/h1-7,10H,8-9,17H2. The first kappa shape index (κ1) is 13.4. The second-order valence-corrected chi connectivity index (χ2v) is 5.53. The lowest BCUT2D eigenvalue weighted by atomic mass is 10.3. The molecular weight excluding hydrogens is 365 g/mol. The number of pyridine rings is 1. The van der Waals surface area contributed by atoms with Crippen LogP contribution in [0.25, 0.3) is 5.65 Å². The molecule has 2 heterocycles. The minimum Gasteiger partial charge on any atom is -0.436 e. The van der Waals surface area contributed by atoms with Gasteiger partial charge in [-0.05, 0) is 53.4 Å². The Morgan fingerprint density at radius 1 is 1.15 bits per heavy atom. The maximum Gasteiger partial charge on any atom is 0.241 e. The predicted octanol–water partition coefficient (Wildman–Crippen LogP) is 3.23. The fourth-order valence-corrected chi connectivity index (χ4v) is 2.60. The Morgan fingerprint density at radius 2 is 1.95 bits per heavy atom. The minimum atomic E-state index is 0.560. The molecule has 0 spiro atoms. The van der Waals surface area contributed by atoms with E-state index in [2.05, 4.69) is 27.6 Å². The summed E-state index contributed by atoms with van der Waals surface area (Å²) < 4.78 is 9.06. The number of ether oxygens (including phenoxy) is 1. The summed E-state index contributed by atoms with van der Waals surface area (Å²) in [5.74, 6) is 1.44. The van der Waals surface area contributed by atoms with Crippen molar-refractivity contribution >= 4 is 28.2 Å². The van der Waals surface area contributed by atoms with Crippen LogP contribution in [0, 0.1) is 3.57 Å². The maximum absolute atomic E-state index is 5.98. The first-order chi connectivity index (χ1) is 9.79. The highest BCUT2D eigenvalue weighted by Gasteiger charge is 2.14. The van der Waals surface area contributed by atoms with Gasteiger partial charge in [0.25, 0.3) is 0 Å². The van der Waals surface area contributed by atoms with Crippen molar-refractivity contribution in [3.63, 3.8) is 0 Å². The molecule has 0 aliphatic carbocycles. The smallest absolute Gasteiger partial charge is 0.241 e. The predicted molar refractivity (Wildman–Crippen MR) is 87.2 cm³/mol. The summed E-state index contributed by atoms with van der Waals surface area (Å²) in [6.07, 6.45) is 2.71. The van der Waals surface area contributed by atoms with Gasteiger partial charge in [-0.2, -0.15) is 4.98 Å². The number of benzene rings is 1. The Kier molecular flexibility index (Phi) is 3.88. The van der Waals surface area contributed by atoms with Crippen LogP contribution in [0.3, 0.4) is 0 Å². The molecule has 3 aromatic rings. The van der Waals surface area contributed by atoms with E-state index in [9.17, 15) is 0 Å². The number of hydrogen-bond acceptors (Lipinski definition) is 3. The van der Waals surface area contributed by atoms with Crippen LogP contribution in [0.15, 0.2) is 48.7 Å². The Bertz CT molecular complexity index is 739. The molecule has 2 aromatic heterocycles. The first-order valence-corrected chi connectivity index (χ1v) is 7.46. The summed E-state index contributed by atoms with van der Waals surface area (Å²) in [7, 11) is 0. The number of nitrogens with zero attached hydrogens (tertiary/aromatic N) is 2. The first-order valence-electron chi connectivity index (χ1n) is 6.38. The van der Waals surface area contributed by atoms with Gasteiger partial charge in [-0.15, -0.1) is 0 Å². The zero-order chi connectivity index (χ0) is 13.9. The molecule has 0 bridgehead atoms. The minimum absolute atomic E-state index is 0.560. The Balaban J connectivity index is 2.06. The summed E-state index contributed by atoms with van der Waals surface area (Å²) in [6.45, 7) is 0.560. The van der Waals surface area contributed by atoms with Gasteiger partial charge < -0.3 is 14.9 Å². The third-order valence-electron chi connectivity index (χ3n) is 3.02. The van der Waals surface area contributed by atoms with E-state index in [1.165, 1.54) is 0 Å². The molecule has 3 rings (SSSR count). The maximum atomic E-state index is 5.98. The number of rotatable bonds is 4. The molecule has 0 fully saturated rings. The van der Waals surface area contributed by atoms with Crippen molar-refractivity contribution in [2.75, 3.05) is 6.54 Å². The van der Waals surface area contributed by atoms with Gasteiger partial charge in [0, 0.05) is 12.6 Å². The molecule has 0 saturated heterocycles. The number of halogens is 1. The van der Waals surface area contributed by atoms with Crippen molar-refractivity contribution in [2.45, 2.75) is 6.42 Å². The molecule has 4 nitrogen and oxygen atoms in total. The fraction of sp³-hybridized carbons (Fsp3) is 0.133. The van der Waals surface area contributed by atoms with Crippen LogP contribution < -0.4 is 10.5 Å². The summed E-state index contributed by atoms with van der Waals surface area (Å²) in [4.78, 5) is 4.55. The molecule has 0 radical (unpaired) electrons. The van der Waals surface area contributed by atoms with Crippen LogP contribution in [0.5, 0.6) is 11.6 Å². The molecule has 0 aliphatic heterocycles. The van der Waals surface area contributed by atoms with E-state index in [4.69, 9.17) is 10.5 Å². The third kappa shape index (κ3) is 2.51. The lowest BCUT2D eigenvalue weighted by Crippen LogP contribution is -2.06. The molecule has 5 heteroatoms. The average Bonchev–Trinajstić information content (AvgIpc) is 2.80. The van der Waals surface area contributed by atoms with E-state index in [-0.39, 0.29) is 0 Å².